The SMILES string of the molecule is Cc1nn(C)cc1C(CN)N(C)C1CCOCC1. The van der Waals surface area contributed by atoms with E-state index in [1.165, 1.54) is 5.56 Å². The molecule has 0 amide bonds. The summed E-state index contributed by atoms with van der Waals surface area (Å²) in [5, 5.41) is 4.42. The molecule has 1 aromatic heterocycles. The van der Waals surface area contributed by atoms with Gasteiger partial charge in [0.25, 0.3) is 0 Å². The minimum absolute atomic E-state index is 0.252. The fourth-order valence-corrected chi connectivity index (χ4v) is 2.80. The van der Waals surface area contributed by atoms with Gasteiger partial charge in [-0.15, -0.1) is 0 Å². The van der Waals surface area contributed by atoms with Crippen LogP contribution in [0.4, 0.5) is 0 Å². The van der Waals surface area contributed by atoms with Crippen LogP contribution in [-0.2, 0) is 11.8 Å². The van der Waals surface area contributed by atoms with Crippen LogP contribution in [0.5, 0.6) is 0 Å². The fraction of sp³-hybridized carbons (Fsp3) is 0.769. The third-order valence-electron chi connectivity index (χ3n) is 3.89. The molecule has 2 rings (SSSR count). The smallest absolute Gasteiger partial charge is 0.0641 e. The lowest BCUT2D eigenvalue weighted by molar-refractivity contribution is 0.0293. The van der Waals surface area contributed by atoms with E-state index in [1.54, 1.807) is 0 Å². The molecule has 0 saturated carbocycles. The highest BCUT2D eigenvalue weighted by atomic mass is 16.5. The zero-order valence-corrected chi connectivity index (χ0v) is 11.6. The number of aryl methyl sites for hydroxylation is 2. The fourth-order valence-electron chi connectivity index (χ4n) is 2.80. The van der Waals surface area contributed by atoms with E-state index in [0.717, 1.165) is 31.7 Å². The summed E-state index contributed by atoms with van der Waals surface area (Å²) in [6.45, 7) is 4.40. The van der Waals surface area contributed by atoms with Crippen molar-refractivity contribution in [3.8, 4) is 0 Å². The van der Waals surface area contributed by atoms with Gasteiger partial charge in [-0.25, -0.2) is 0 Å². The molecular formula is C13H24N4O. The van der Waals surface area contributed by atoms with Crippen molar-refractivity contribution in [3.05, 3.63) is 17.5 Å². The number of likely N-dealkylation sites (N-methyl/N-ethyl adjacent to an activating group) is 1. The van der Waals surface area contributed by atoms with Crippen LogP contribution in [0.1, 0.15) is 30.1 Å². The van der Waals surface area contributed by atoms with Gasteiger partial charge in [-0.3, -0.25) is 9.58 Å². The number of aromatic nitrogens is 2. The predicted molar refractivity (Wildman–Crippen MR) is 71.3 cm³/mol. The van der Waals surface area contributed by atoms with Crippen molar-refractivity contribution in [2.24, 2.45) is 12.8 Å². The van der Waals surface area contributed by atoms with Crippen LogP contribution >= 0.6 is 0 Å². The van der Waals surface area contributed by atoms with Gasteiger partial charge in [0, 0.05) is 44.6 Å². The zero-order valence-electron chi connectivity index (χ0n) is 11.6. The Hall–Kier alpha value is -0.910. The van der Waals surface area contributed by atoms with Gasteiger partial charge in [0.15, 0.2) is 0 Å². The summed E-state index contributed by atoms with van der Waals surface area (Å²) in [6.07, 6.45) is 4.27. The molecule has 1 aromatic rings. The molecule has 1 saturated heterocycles. The van der Waals surface area contributed by atoms with Crippen molar-refractivity contribution in [1.29, 1.82) is 0 Å². The molecule has 0 bridgehead atoms. The first kappa shape index (κ1) is 13.5. The highest BCUT2D eigenvalue weighted by Crippen LogP contribution is 2.26. The largest absolute Gasteiger partial charge is 0.381 e. The van der Waals surface area contributed by atoms with Gasteiger partial charge in [-0.05, 0) is 26.8 Å². The van der Waals surface area contributed by atoms with Gasteiger partial charge in [0.05, 0.1) is 11.7 Å². The Morgan fingerprint density at radius 2 is 2.22 bits per heavy atom. The Labute approximate surface area is 109 Å². The number of hydrogen-bond acceptors (Lipinski definition) is 4. The Balaban J connectivity index is 2.14. The van der Waals surface area contributed by atoms with Crippen LogP contribution in [0.3, 0.4) is 0 Å². The Bertz CT molecular complexity index is 384. The lowest BCUT2D eigenvalue weighted by Crippen LogP contribution is -2.41. The molecule has 1 fully saturated rings. The first-order valence-electron chi connectivity index (χ1n) is 6.63. The van der Waals surface area contributed by atoms with Crippen LogP contribution in [0.15, 0.2) is 6.20 Å². The third kappa shape index (κ3) is 2.74. The predicted octanol–water partition coefficient (Wildman–Crippen LogP) is 0.839. The summed E-state index contributed by atoms with van der Waals surface area (Å²) in [7, 11) is 4.12. The summed E-state index contributed by atoms with van der Waals surface area (Å²) in [6, 6.07) is 0.814. The van der Waals surface area contributed by atoms with Crippen LogP contribution in [0, 0.1) is 6.92 Å². The number of nitrogens with zero attached hydrogens (tertiary/aromatic N) is 3. The van der Waals surface area contributed by atoms with Gasteiger partial charge in [0.2, 0.25) is 0 Å². The molecule has 2 heterocycles. The lowest BCUT2D eigenvalue weighted by atomic mass is 10.0. The van der Waals surface area contributed by atoms with E-state index in [0.29, 0.717) is 12.6 Å². The Morgan fingerprint density at radius 3 is 2.72 bits per heavy atom. The summed E-state index contributed by atoms with van der Waals surface area (Å²) in [4.78, 5) is 2.40. The monoisotopic (exact) mass is 252 g/mol. The molecular weight excluding hydrogens is 228 g/mol. The summed E-state index contributed by atoms with van der Waals surface area (Å²) < 4.78 is 7.29. The number of hydrogen-bond donors (Lipinski definition) is 1. The maximum atomic E-state index is 5.98. The average molecular weight is 252 g/mol. The first-order valence-corrected chi connectivity index (χ1v) is 6.63. The van der Waals surface area contributed by atoms with Gasteiger partial charge in [-0.2, -0.15) is 5.10 Å². The van der Waals surface area contributed by atoms with E-state index < -0.39 is 0 Å². The second kappa shape index (κ2) is 5.82. The van der Waals surface area contributed by atoms with Crippen LogP contribution in [0.2, 0.25) is 0 Å². The van der Waals surface area contributed by atoms with Crippen molar-refractivity contribution in [1.82, 2.24) is 14.7 Å². The molecule has 1 aliphatic heterocycles. The van der Waals surface area contributed by atoms with Crippen LogP contribution < -0.4 is 5.73 Å². The highest BCUT2D eigenvalue weighted by Gasteiger charge is 2.27. The number of ether oxygens (including phenoxy) is 1. The average Bonchev–Trinajstić information content (AvgIpc) is 2.70. The molecule has 1 atom stereocenters. The quantitative estimate of drug-likeness (QED) is 0.862. The molecule has 18 heavy (non-hydrogen) atoms. The van der Waals surface area contributed by atoms with Gasteiger partial charge < -0.3 is 10.5 Å². The van der Waals surface area contributed by atoms with E-state index in [-0.39, 0.29) is 6.04 Å². The van der Waals surface area contributed by atoms with Crippen molar-refractivity contribution < 1.29 is 4.74 Å². The molecule has 2 N–H and O–H groups in total. The third-order valence-corrected chi connectivity index (χ3v) is 3.89. The topological polar surface area (TPSA) is 56.3 Å². The zero-order chi connectivity index (χ0) is 13.1. The van der Waals surface area contributed by atoms with Gasteiger partial charge >= 0.3 is 0 Å². The Morgan fingerprint density at radius 1 is 1.56 bits per heavy atom. The molecule has 1 unspecified atom stereocenters. The molecule has 0 aromatic carbocycles. The number of nitrogens with two attached hydrogens (primary N) is 1. The maximum absolute atomic E-state index is 5.98. The standard InChI is InChI=1S/C13H24N4O/c1-10-12(9-16(2)15-10)13(8-14)17(3)11-4-6-18-7-5-11/h9,11,13H,4-8,14H2,1-3H3. The highest BCUT2D eigenvalue weighted by molar-refractivity contribution is 5.20. The summed E-state index contributed by atoms with van der Waals surface area (Å²) in [5.74, 6) is 0. The molecule has 0 spiro atoms. The van der Waals surface area contributed by atoms with E-state index in [1.807, 2.05) is 11.7 Å². The second-order valence-corrected chi connectivity index (χ2v) is 5.10. The van der Waals surface area contributed by atoms with Crippen molar-refractivity contribution in [2.75, 3.05) is 26.8 Å². The van der Waals surface area contributed by atoms with Crippen molar-refractivity contribution in [2.45, 2.75) is 31.8 Å². The molecule has 5 heteroatoms. The minimum Gasteiger partial charge on any atom is -0.381 e. The van der Waals surface area contributed by atoms with Crippen LogP contribution in [-0.4, -0.2) is 47.5 Å². The molecule has 0 aliphatic carbocycles. The van der Waals surface area contributed by atoms with Gasteiger partial charge in [0.1, 0.15) is 0 Å². The van der Waals surface area contributed by atoms with Crippen molar-refractivity contribution >= 4 is 0 Å². The molecule has 102 valence electrons. The van der Waals surface area contributed by atoms with Crippen LogP contribution in [0.25, 0.3) is 0 Å². The summed E-state index contributed by atoms with van der Waals surface area (Å²) in [5.41, 5.74) is 8.30. The van der Waals surface area contributed by atoms with E-state index in [2.05, 4.69) is 30.2 Å². The van der Waals surface area contributed by atoms with E-state index in [9.17, 15) is 0 Å². The summed E-state index contributed by atoms with van der Waals surface area (Å²) >= 11 is 0. The molecule has 1 aliphatic rings. The van der Waals surface area contributed by atoms with E-state index >= 15 is 0 Å². The minimum atomic E-state index is 0.252. The second-order valence-electron chi connectivity index (χ2n) is 5.10. The first-order chi connectivity index (χ1) is 8.63. The normalized spacial score (nSPS) is 19.4. The van der Waals surface area contributed by atoms with Gasteiger partial charge in [-0.1, -0.05) is 0 Å². The molecule has 0 radical (unpaired) electrons. The van der Waals surface area contributed by atoms with Crippen molar-refractivity contribution in [3.63, 3.8) is 0 Å². The maximum Gasteiger partial charge on any atom is 0.0641 e. The van der Waals surface area contributed by atoms with E-state index in [4.69, 9.17) is 10.5 Å². The molecule has 5 nitrogen and oxygen atoms in total. The lowest BCUT2D eigenvalue weighted by Gasteiger charge is -2.36. The number of rotatable bonds is 4. The Kier molecular flexibility index (Phi) is 4.37.